The normalized spacial score (nSPS) is 18.8. The molecule has 2 aromatic heterocycles. The van der Waals surface area contributed by atoms with E-state index >= 15 is 0 Å². The molecular weight excluding hydrogens is 376 g/mol. The number of nitrogens with one attached hydrogen (secondary N) is 1. The number of carbonyl (C=O) groups is 1. The van der Waals surface area contributed by atoms with Crippen molar-refractivity contribution in [2.45, 2.75) is 19.4 Å². The number of imidazole rings is 1. The number of aromatic nitrogens is 3. The Bertz CT molecular complexity index is 954. The van der Waals surface area contributed by atoms with Crippen LogP contribution < -0.4 is 4.90 Å². The molecule has 2 aliphatic heterocycles. The molecule has 2 saturated heterocycles. The van der Waals surface area contributed by atoms with Crippen molar-refractivity contribution in [3.05, 3.63) is 54.5 Å². The first-order valence-electron chi connectivity index (χ1n) is 10.9. The van der Waals surface area contributed by atoms with E-state index in [0.29, 0.717) is 5.91 Å². The number of pyridine rings is 1. The van der Waals surface area contributed by atoms with Crippen LogP contribution in [-0.2, 0) is 11.3 Å². The van der Waals surface area contributed by atoms with Crippen molar-refractivity contribution in [1.82, 2.24) is 24.8 Å². The van der Waals surface area contributed by atoms with Crippen LogP contribution in [0.2, 0.25) is 0 Å². The average Bonchev–Trinajstić information content (AvgIpc) is 3.22. The van der Waals surface area contributed by atoms with Crippen molar-refractivity contribution in [3.63, 3.8) is 0 Å². The van der Waals surface area contributed by atoms with Gasteiger partial charge in [0.2, 0.25) is 5.91 Å². The quantitative estimate of drug-likeness (QED) is 0.724. The number of benzene rings is 1. The molecule has 156 valence electrons. The van der Waals surface area contributed by atoms with E-state index in [2.05, 4.69) is 35.7 Å². The summed E-state index contributed by atoms with van der Waals surface area (Å²) in [4.78, 5) is 32.3. The highest BCUT2D eigenvalue weighted by atomic mass is 16.2. The minimum Gasteiger partial charge on any atom is -0.353 e. The van der Waals surface area contributed by atoms with E-state index in [4.69, 9.17) is 0 Å². The maximum atomic E-state index is 13.0. The van der Waals surface area contributed by atoms with Gasteiger partial charge in [0.1, 0.15) is 11.6 Å². The SMILES string of the molecule is O=C(C1CCN(Cc2nc3ccccc3[nH]2)CC1)N1CCN(c2ccccn2)CC1. The molecule has 0 atom stereocenters. The number of carbonyl (C=O) groups excluding carboxylic acids is 1. The Kier molecular flexibility index (Phi) is 5.36. The molecule has 1 aromatic carbocycles. The fourth-order valence-electron chi connectivity index (χ4n) is 4.59. The maximum absolute atomic E-state index is 13.0. The van der Waals surface area contributed by atoms with E-state index < -0.39 is 0 Å². The Balaban J connectivity index is 1.11. The van der Waals surface area contributed by atoms with E-state index in [1.54, 1.807) is 0 Å². The molecule has 2 fully saturated rings. The monoisotopic (exact) mass is 404 g/mol. The van der Waals surface area contributed by atoms with E-state index in [0.717, 1.165) is 81.3 Å². The highest BCUT2D eigenvalue weighted by Gasteiger charge is 2.30. The third kappa shape index (κ3) is 4.03. The fraction of sp³-hybridized carbons (Fsp3) is 0.435. The lowest BCUT2D eigenvalue weighted by molar-refractivity contribution is -0.137. The Morgan fingerprint density at radius 3 is 2.47 bits per heavy atom. The van der Waals surface area contributed by atoms with E-state index in [9.17, 15) is 4.79 Å². The van der Waals surface area contributed by atoms with Gasteiger partial charge in [-0.25, -0.2) is 9.97 Å². The van der Waals surface area contributed by atoms with Crippen LogP contribution in [-0.4, -0.2) is 69.9 Å². The smallest absolute Gasteiger partial charge is 0.225 e. The molecule has 7 nitrogen and oxygen atoms in total. The molecular formula is C23H28N6O. The lowest BCUT2D eigenvalue weighted by Crippen LogP contribution is -2.51. The van der Waals surface area contributed by atoms with E-state index in [1.807, 2.05) is 42.6 Å². The Labute approximate surface area is 176 Å². The number of hydrogen-bond acceptors (Lipinski definition) is 5. The lowest BCUT2D eigenvalue weighted by atomic mass is 9.95. The highest BCUT2D eigenvalue weighted by Crippen LogP contribution is 2.23. The molecule has 2 aliphatic rings. The number of nitrogens with zero attached hydrogens (tertiary/aromatic N) is 5. The third-order valence-corrected chi connectivity index (χ3v) is 6.31. The zero-order valence-corrected chi connectivity index (χ0v) is 17.2. The van der Waals surface area contributed by atoms with Crippen LogP contribution in [0.5, 0.6) is 0 Å². The van der Waals surface area contributed by atoms with Gasteiger partial charge < -0.3 is 14.8 Å². The Morgan fingerprint density at radius 2 is 1.73 bits per heavy atom. The van der Waals surface area contributed by atoms with Gasteiger partial charge in [0.25, 0.3) is 0 Å². The number of aromatic amines is 1. The first kappa shape index (κ1) is 19.1. The molecule has 0 unspecified atom stereocenters. The summed E-state index contributed by atoms with van der Waals surface area (Å²) in [5.41, 5.74) is 2.10. The standard InChI is InChI=1S/C23H28N6O/c30-23(29-15-13-28(14-16-29)22-7-3-4-10-24-22)18-8-11-27(12-9-18)17-21-25-19-5-1-2-6-20(19)26-21/h1-7,10,18H,8-9,11-17H2,(H,25,26). The van der Waals surface area contributed by atoms with Crippen LogP contribution >= 0.6 is 0 Å². The second-order valence-corrected chi connectivity index (χ2v) is 8.25. The second-order valence-electron chi connectivity index (χ2n) is 8.25. The van der Waals surface area contributed by atoms with Crippen molar-refractivity contribution in [3.8, 4) is 0 Å². The zero-order chi connectivity index (χ0) is 20.3. The van der Waals surface area contributed by atoms with Gasteiger partial charge in [-0.05, 0) is 50.2 Å². The van der Waals surface area contributed by atoms with Gasteiger partial charge in [-0.1, -0.05) is 18.2 Å². The largest absolute Gasteiger partial charge is 0.353 e. The molecule has 1 N–H and O–H groups in total. The van der Waals surface area contributed by atoms with Gasteiger partial charge in [0, 0.05) is 38.3 Å². The minimum atomic E-state index is 0.151. The maximum Gasteiger partial charge on any atom is 0.225 e. The van der Waals surface area contributed by atoms with Crippen molar-refractivity contribution < 1.29 is 4.79 Å². The molecule has 3 aromatic rings. The van der Waals surface area contributed by atoms with Crippen molar-refractivity contribution in [2.75, 3.05) is 44.2 Å². The number of para-hydroxylation sites is 2. The predicted octanol–water partition coefficient (Wildman–Crippen LogP) is 2.52. The molecule has 1 amide bonds. The number of amides is 1. The number of piperazine rings is 1. The summed E-state index contributed by atoms with van der Waals surface area (Å²) < 4.78 is 0. The minimum absolute atomic E-state index is 0.151. The van der Waals surface area contributed by atoms with Gasteiger partial charge in [-0.15, -0.1) is 0 Å². The molecule has 0 radical (unpaired) electrons. The van der Waals surface area contributed by atoms with Crippen LogP contribution in [0.4, 0.5) is 5.82 Å². The zero-order valence-electron chi connectivity index (χ0n) is 17.2. The molecule has 0 saturated carbocycles. The van der Waals surface area contributed by atoms with E-state index in [-0.39, 0.29) is 5.92 Å². The molecule has 4 heterocycles. The van der Waals surface area contributed by atoms with Gasteiger partial charge in [-0.3, -0.25) is 9.69 Å². The summed E-state index contributed by atoms with van der Waals surface area (Å²) in [6.45, 7) is 5.99. The first-order chi connectivity index (χ1) is 14.8. The van der Waals surface area contributed by atoms with Crippen molar-refractivity contribution >= 4 is 22.8 Å². The summed E-state index contributed by atoms with van der Waals surface area (Å²) in [6, 6.07) is 14.1. The number of rotatable bonds is 4. The molecule has 7 heteroatoms. The Morgan fingerprint density at radius 1 is 0.967 bits per heavy atom. The topological polar surface area (TPSA) is 68.4 Å². The van der Waals surface area contributed by atoms with Crippen molar-refractivity contribution in [1.29, 1.82) is 0 Å². The van der Waals surface area contributed by atoms with Gasteiger partial charge in [-0.2, -0.15) is 0 Å². The summed E-state index contributed by atoms with van der Waals surface area (Å²) in [7, 11) is 0. The third-order valence-electron chi connectivity index (χ3n) is 6.31. The molecule has 0 bridgehead atoms. The first-order valence-corrected chi connectivity index (χ1v) is 10.9. The van der Waals surface area contributed by atoms with Crippen LogP contribution in [0, 0.1) is 5.92 Å². The number of piperidine rings is 1. The fourth-order valence-corrected chi connectivity index (χ4v) is 4.59. The highest BCUT2D eigenvalue weighted by molar-refractivity contribution is 5.79. The van der Waals surface area contributed by atoms with E-state index in [1.165, 1.54) is 0 Å². The number of H-pyrrole nitrogens is 1. The number of likely N-dealkylation sites (tertiary alicyclic amines) is 1. The van der Waals surface area contributed by atoms with Crippen LogP contribution in [0.15, 0.2) is 48.7 Å². The molecule has 0 spiro atoms. The van der Waals surface area contributed by atoms with Crippen LogP contribution in [0.3, 0.4) is 0 Å². The lowest BCUT2D eigenvalue weighted by Gasteiger charge is -2.38. The van der Waals surface area contributed by atoms with Gasteiger partial charge in [0.05, 0.1) is 17.6 Å². The summed E-state index contributed by atoms with van der Waals surface area (Å²) in [5.74, 6) is 2.49. The number of hydrogen-bond donors (Lipinski definition) is 1. The van der Waals surface area contributed by atoms with Gasteiger partial charge in [0.15, 0.2) is 0 Å². The summed E-state index contributed by atoms with van der Waals surface area (Å²) in [5, 5.41) is 0. The average molecular weight is 405 g/mol. The van der Waals surface area contributed by atoms with Gasteiger partial charge >= 0.3 is 0 Å². The predicted molar refractivity (Wildman–Crippen MR) is 117 cm³/mol. The second kappa shape index (κ2) is 8.44. The molecule has 5 rings (SSSR count). The van der Waals surface area contributed by atoms with Crippen molar-refractivity contribution in [2.24, 2.45) is 5.92 Å². The molecule has 0 aliphatic carbocycles. The number of anilines is 1. The van der Waals surface area contributed by atoms with Crippen LogP contribution in [0.25, 0.3) is 11.0 Å². The number of fused-ring (bicyclic) bond motifs is 1. The van der Waals surface area contributed by atoms with Crippen LogP contribution in [0.1, 0.15) is 18.7 Å². The molecule has 30 heavy (non-hydrogen) atoms. The summed E-state index contributed by atoms with van der Waals surface area (Å²) >= 11 is 0. The summed E-state index contributed by atoms with van der Waals surface area (Å²) in [6.07, 6.45) is 3.69. The Hall–Kier alpha value is -2.93.